The van der Waals surface area contributed by atoms with Crippen LogP contribution < -0.4 is 5.73 Å². The van der Waals surface area contributed by atoms with E-state index in [1.54, 1.807) is 0 Å². The quantitative estimate of drug-likeness (QED) is 0.439. The third kappa shape index (κ3) is 2.33. The highest BCUT2D eigenvalue weighted by molar-refractivity contribution is 7.86. The summed E-state index contributed by atoms with van der Waals surface area (Å²) < 4.78 is 25.6. The summed E-state index contributed by atoms with van der Waals surface area (Å²) in [6.45, 7) is 0. The van der Waals surface area contributed by atoms with Crippen LogP contribution >= 0.6 is 0 Å². The van der Waals surface area contributed by atoms with Crippen LogP contribution in [0.15, 0.2) is 29.2 Å². The van der Waals surface area contributed by atoms with E-state index >= 15 is 0 Å². The lowest BCUT2D eigenvalue weighted by Crippen LogP contribution is -2.11. The van der Waals surface area contributed by atoms with Crippen molar-refractivity contribution in [3.63, 3.8) is 0 Å². The molecular formula is C6H6N2O5S. The maximum atomic E-state index is 11.0. The summed E-state index contributed by atoms with van der Waals surface area (Å²) >= 11 is 0. The molecule has 0 heterocycles. The molecule has 1 aromatic carbocycles. The monoisotopic (exact) mass is 218 g/mol. The van der Waals surface area contributed by atoms with Gasteiger partial charge in [-0.05, 0) is 24.3 Å². The van der Waals surface area contributed by atoms with Crippen LogP contribution in [-0.4, -0.2) is 13.5 Å². The van der Waals surface area contributed by atoms with Gasteiger partial charge in [-0.2, -0.15) is 12.7 Å². The van der Waals surface area contributed by atoms with Gasteiger partial charge >= 0.3 is 15.2 Å². The predicted molar refractivity (Wildman–Crippen MR) is 46.1 cm³/mol. The summed E-state index contributed by atoms with van der Waals surface area (Å²) in [5.74, 6) is 0. The minimum absolute atomic E-state index is 0.316. The van der Waals surface area contributed by atoms with Crippen molar-refractivity contribution < 1.29 is 17.8 Å². The van der Waals surface area contributed by atoms with E-state index in [1.807, 2.05) is 0 Å². The minimum atomic E-state index is -4.33. The number of hydrogen-bond acceptors (Lipinski definition) is 6. The first kappa shape index (κ1) is 10.3. The van der Waals surface area contributed by atoms with Crippen LogP contribution in [0.25, 0.3) is 0 Å². The Morgan fingerprint density at radius 3 is 2.21 bits per heavy atom. The molecule has 0 aliphatic heterocycles. The Kier molecular flexibility index (Phi) is 2.56. The van der Waals surface area contributed by atoms with Crippen molar-refractivity contribution in [1.82, 2.24) is 0 Å². The van der Waals surface area contributed by atoms with Crippen molar-refractivity contribution in [1.29, 1.82) is 0 Å². The zero-order valence-electron chi connectivity index (χ0n) is 6.78. The van der Waals surface area contributed by atoms with Gasteiger partial charge < -0.3 is 5.73 Å². The van der Waals surface area contributed by atoms with Crippen molar-refractivity contribution in [3.05, 3.63) is 34.4 Å². The van der Waals surface area contributed by atoms with Crippen molar-refractivity contribution in [2.75, 3.05) is 5.73 Å². The largest absolute Gasteiger partial charge is 0.399 e. The Balaban J connectivity index is 3.05. The van der Waals surface area contributed by atoms with Crippen molar-refractivity contribution >= 4 is 15.8 Å². The molecule has 0 spiro atoms. The van der Waals surface area contributed by atoms with Gasteiger partial charge in [0, 0.05) is 5.69 Å². The highest BCUT2D eigenvalue weighted by Crippen LogP contribution is 2.13. The normalized spacial score (nSPS) is 10.9. The minimum Gasteiger partial charge on any atom is -0.399 e. The molecule has 0 amide bonds. The second-order valence-electron chi connectivity index (χ2n) is 2.32. The van der Waals surface area contributed by atoms with Gasteiger partial charge in [-0.3, -0.25) is 0 Å². The molecule has 0 saturated carbocycles. The number of rotatable bonds is 3. The van der Waals surface area contributed by atoms with E-state index in [9.17, 15) is 18.5 Å². The highest BCUT2D eigenvalue weighted by atomic mass is 32.2. The molecule has 0 bridgehead atoms. The van der Waals surface area contributed by atoms with Crippen LogP contribution in [0.2, 0.25) is 0 Å². The number of nitrogens with zero attached hydrogens (tertiary/aromatic N) is 1. The number of hydrogen-bond donors (Lipinski definition) is 1. The summed E-state index contributed by atoms with van der Waals surface area (Å²) in [6.07, 6.45) is 0. The van der Waals surface area contributed by atoms with Gasteiger partial charge in [-0.25, -0.2) is 0 Å². The molecule has 1 aromatic rings. The van der Waals surface area contributed by atoms with Crippen LogP contribution in [0.1, 0.15) is 0 Å². The second-order valence-corrected chi connectivity index (χ2v) is 3.85. The van der Waals surface area contributed by atoms with Crippen molar-refractivity contribution in [2.45, 2.75) is 4.90 Å². The van der Waals surface area contributed by atoms with Gasteiger partial charge in [0.2, 0.25) is 0 Å². The third-order valence-electron chi connectivity index (χ3n) is 1.33. The second kappa shape index (κ2) is 3.50. The SMILES string of the molecule is Nc1ccc(S(=O)(=O)O[N+](=O)[O-])cc1. The van der Waals surface area contributed by atoms with Gasteiger partial charge in [0.1, 0.15) is 0 Å². The molecule has 0 aliphatic rings. The van der Waals surface area contributed by atoms with Gasteiger partial charge in [0.15, 0.2) is 0 Å². The number of nitrogen functional groups attached to an aromatic ring is 1. The summed E-state index contributed by atoms with van der Waals surface area (Å²) in [6, 6.07) is 4.84. The Morgan fingerprint density at radius 2 is 1.79 bits per heavy atom. The highest BCUT2D eigenvalue weighted by Gasteiger charge is 2.18. The first-order chi connectivity index (χ1) is 6.42. The molecule has 8 heteroatoms. The fraction of sp³-hybridized carbons (Fsp3) is 0. The Hall–Kier alpha value is -1.83. The van der Waals surface area contributed by atoms with E-state index in [2.05, 4.69) is 4.28 Å². The van der Waals surface area contributed by atoms with E-state index in [1.165, 1.54) is 12.1 Å². The van der Waals surface area contributed by atoms with E-state index < -0.39 is 15.2 Å². The van der Waals surface area contributed by atoms with E-state index in [-0.39, 0.29) is 4.90 Å². The Morgan fingerprint density at radius 1 is 1.29 bits per heavy atom. The molecular weight excluding hydrogens is 212 g/mol. The van der Waals surface area contributed by atoms with Crippen molar-refractivity contribution in [2.24, 2.45) is 0 Å². The fourth-order valence-corrected chi connectivity index (χ4v) is 1.47. The first-order valence-corrected chi connectivity index (χ1v) is 4.77. The third-order valence-corrected chi connectivity index (χ3v) is 2.50. The topological polar surface area (TPSA) is 113 Å². The fourth-order valence-electron chi connectivity index (χ4n) is 0.758. The average molecular weight is 218 g/mol. The van der Waals surface area contributed by atoms with Crippen LogP contribution in [0.3, 0.4) is 0 Å². The molecule has 1 rings (SSSR count). The Bertz CT molecular complexity index is 438. The molecule has 0 fully saturated rings. The van der Waals surface area contributed by atoms with Crippen LogP contribution in [-0.2, 0) is 14.4 Å². The zero-order chi connectivity index (χ0) is 10.8. The molecule has 0 radical (unpaired) electrons. The standard InChI is InChI=1S/C6H6N2O5S/c7-5-1-3-6(4-2-5)14(11,12)13-8(9)10/h1-4H,7H2. The van der Waals surface area contributed by atoms with Crippen LogP contribution in [0.4, 0.5) is 5.69 Å². The van der Waals surface area contributed by atoms with Gasteiger partial charge in [-0.15, -0.1) is 10.1 Å². The Labute approximate surface area is 79.3 Å². The molecule has 0 unspecified atom stereocenters. The maximum Gasteiger partial charge on any atom is 0.334 e. The van der Waals surface area contributed by atoms with Crippen molar-refractivity contribution in [3.8, 4) is 0 Å². The number of benzene rings is 1. The van der Waals surface area contributed by atoms with E-state index in [0.717, 1.165) is 12.1 Å². The number of anilines is 1. The molecule has 0 saturated heterocycles. The van der Waals surface area contributed by atoms with Gasteiger partial charge in [-0.1, -0.05) is 0 Å². The molecule has 76 valence electrons. The molecule has 0 aromatic heterocycles. The summed E-state index contributed by atoms with van der Waals surface area (Å²) in [5.41, 5.74) is 5.65. The lowest BCUT2D eigenvalue weighted by Gasteiger charge is -2.00. The van der Waals surface area contributed by atoms with Crippen LogP contribution in [0, 0.1) is 10.1 Å². The van der Waals surface area contributed by atoms with Gasteiger partial charge in [0.05, 0.1) is 4.90 Å². The zero-order valence-corrected chi connectivity index (χ0v) is 7.60. The maximum absolute atomic E-state index is 11.0. The van der Waals surface area contributed by atoms with E-state index in [0.29, 0.717) is 5.69 Å². The molecule has 0 aliphatic carbocycles. The predicted octanol–water partition coefficient (Wildman–Crippen LogP) is 0.166. The van der Waals surface area contributed by atoms with Gasteiger partial charge in [0.25, 0.3) is 0 Å². The smallest absolute Gasteiger partial charge is 0.334 e. The molecule has 7 nitrogen and oxygen atoms in total. The summed E-state index contributed by atoms with van der Waals surface area (Å²) in [4.78, 5) is 9.52. The van der Waals surface area contributed by atoms with Crippen LogP contribution in [0.5, 0.6) is 0 Å². The first-order valence-electron chi connectivity index (χ1n) is 3.36. The average Bonchev–Trinajstić information content (AvgIpc) is 2.02. The summed E-state index contributed by atoms with van der Waals surface area (Å²) in [5, 5.41) is 8.45. The molecule has 0 atom stereocenters. The van der Waals surface area contributed by atoms with E-state index in [4.69, 9.17) is 5.73 Å². The lowest BCUT2D eigenvalue weighted by molar-refractivity contribution is -0.711. The summed E-state index contributed by atoms with van der Waals surface area (Å²) in [7, 11) is -4.33. The number of nitrogens with two attached hydrogens (primary N) is 1. The molecule has 14 heavy (non-hydrogen) atoms. The molecule has 2 N–H and O–H groups in total. The lowest BCUT2D eigenvalue weighted by atomic mass is 10.3.